The molecule has 0 aliphatic heterocycles. The first-order valence-corrected chi connectivity index (χ1v) is 6.14. The van der Waals surface area contributed by atoms with Crippen molar-refractivity contribution in [1.82, 2.24) is 4.98 Å². The van der Waals surface area contributed by atoms with E-state index in [2.05, 4.69) is 4.98 Å². The summed E-state index contributed by atoms with van der Waals surface area (Å²) in [5.74, 6) is -1.23. The molecule has 2 rings (SSSR count). The summed E-state index contributed by atoms with van der Waals surface area (Å²) in [6.45, 7) is 0. The molecule has 1 aromatic heterocycles. The highest BCUT2D eigenvalue weighted by atomic mass is 35.5. The summed E-state index contributed by atoms with van der Waals surface area (Å²) in [6.07, 6.45) is 1.28. The number of aromatic nitrogens is 1. The molecular formula is C12H6Cl3NO3. The Labute approximate surface area is 122 Å². The summed E-state index contributed by atoms with van der Waals surface area (Å²) in [5.41, 5.74) is -0.0400. The van der Waals surface area contributed by atoms with Crippen LogP contribution < -0.4 is 5.56 Å². The summed E-state index contributed by atoms with van der Waals surface area (Å²) in [6, 6.07) is 3.85. The first-order valence-electron chi connectivity index (χ1n) is 5.01. The average molecular weight is 319 g/mol. The molecule has 0 atom stereocenters. The topological polar surface area (TPSA) is 70.2 Å². The highest BCUT2D eigenvalue weighted by Gasteiger charge is 2.16. The third-order valence-corrected chi connectivity index (χ3v) is 3.49. The third-order valence-electron chi connectivity index (χ3n) is 2.45. The van der Waals surface area contributed by atoms with Crippen LogP contribution in [0.4, 0.5) is 0 Å². The standard InChI is InChI=1S/C12H6Cl3NO3/c13-8-3-10(15)9(14)1-5(8)7-4-16-11(17)2-6(7)12(18)19/h1-4H,(H,16,17)(H,18,19). The first kappa shape index (κ1) is 13.9. The number of carboxylic acid groups (broad SMARTS) is 1. The molecule has 0 aliphatic rings. The predicted octanol–water partition coefficient (Wildman–Crippen LogP) is 3.70. The van der Waals surface area contributed by atoms with Gasteiger partial charge in [0.1, 0.15) is 0 Å². The van der Waals surface area contributed by atoms with Crippen molar-refractivity contribution < 1.29 is 9.90 Å². The van der Waals surface area contributed by atoms with Crippen molar-refractivity contribution in [2.45, 2.75) is 0 Å². The van der Waals surface area contributed by atoms with Crippen LogP contribution in [0.1, 0.15) is 10.4 Å². The molecule has 2 N–H and O–H groups in total. The molecule has 4 nitrogen and oxygen atoms in total. The van der Waals surface area contributed by atoms with Crippen molar-refractivity contribution in [2.75, 3.05) is 0 Å². The Kier molecular flexibility index (Phi) is 3.85. The maximum absolute atomic E-state index is 11.2. The van der Waals surface area contributed by atoms with E-state index in [0.717, 1.165) is 6.07 Å². The molecular weight excluding hydrogens is 312 g/mol. The van der Waals surface area contributed by atoms with Crippen molar-refractivity contribution >= 4 is 40.8 Å². The number of hydrogen-bond acceptors (Lipinski definition) is 2. The summed E-state index contributed by atoms with van der Waals surface area (Å²) in [7, 11) is 0. The van der Waals surface area contributed by atoms with Crippen LogP contribution in [0.2, 0.25) is 15.1 Å². The number of aromatic amines is 1. The molecule has 0 aliphatic carbocycles. The van der Waals surface area contributed by atoms with E-state index in [1.54, 1.807) is 0 Å². The van der Waals surface area contributed by atoms with Crippen LogP contribution in [-0.4, -0.2) is 16.1 Å². The van der Waals surface area contributed by atoms with Crippen LogP contribution in [0.5, 0.6) is 0 Å². The third kappa shape index (κ3) is 2.76. The van der Waals surface area contributed by atoms with Gasteiger partial charge in [0.2, 0.25) is 5.56 Å². The van der Waals surface area contributed by atoms with Gasteiger partial charge in [0, 0.05) is 23.4 Å². The van der Waals surface area contributed by atoms with E-state index in [1.165, 1.54) is 18.3 Å². The number of carboxylic acids is 1. The lowest BCUT2D eigenvalue weighted by atomic mass is 10.0. The van der Waals surface area contributed by atoms with Gasteiger partial charge < -0.3 is 10.1 Å². The Morgan fingerprint density at radius 3 is 2.26 bits per heavy atom. The number of H-pyrrole nitrogens is 1. The van der Waals surface area contributed by atoms with E-state index < -0.39 is 11.5 Å². The lowest BCUT2D eigenvalue weighted by Crippen LogP contribution is -2.10. The maximum Gasteiger partial charge on any atom is 0.336 e. The smallest absolute Gasteiger partial charge is 0.336 e. The zero-order chi connectivity index (χ0) is 14.2. The number of halogens is 3. The number of rotatable bonds is 2. The van der Waals surface area contributed by atoms with Crippen molar-refractivity contribution in [1.29, 1.82) is 0 Å². The highest BCUT2D eigenvalue weighted by molar-refractivity contribution is 6.44. The van der Waals surface area contributed by atoms with E-state index in [-0.39, 0.29) is 26.2 Å². The van der Waals surface area contributed by atoms with Gasteiger partial charge in [-0.3, -0.25) is 4.79 Å². The Morgan fingerprint density at radius 1 is 1.00 bits per heavy atom. The number of aromatic carboxylic acids is 1. The zero-order valence-electron chi connectivity index (χ0n) is 9.21. The summed E-state index contributed by atoms with van der Waals surface area (Å²) in [4.78, 5) is 24.7. The molecule has 0 spiro atoms. The van der Waals surface area contributed by atoms with E-state index in [0.29, 0.717) is 5.56 Å². The second-order valence-corrected chi connectivity index (χ2v) is 4.90. The van der Waals surface area contributed by atoms with E-state index in [1.807, 2.05) is 0 Å². The SMILES string of the molecule is O=C(O)c1cc(=O)[nH]cc1-c1cc(Cl)c(Cl)cc1Cl. The second kappa shape index (κ2) is 5.25. The second-order valence-electron chi connectivity index (χ2n) is 3.68. The van der Waals surface area contributed by atoms with Gasteiger partial charge in [0.05, 0.1) is 20.6 Å². The molecule has 19 heavy (non-hydrogen) atoms. The van der Waals surface area contributed by atoms with Crippen molar-refractivity contribution in [3.63, 3.8) is 0 Å². The van der Waals surface area contributed by atoms with E-state index in [4.69, 9.17) is 39.9 Å². The van der Waals surface area contributed by atoms with Crippen LogP contribution in [0.15, 0.2) is 29.2 Å². The minimum Gasteiger partial charge on any atom is -0.478 e. The van der Waals surface area contributed by atoms with Crippen LogP contribution in [-0.2, 0) is 0 Å². The van der Waals surface area contributed by atoms with Crippen molar-refractivity contribution in [3.05, 3.63) is 55.4 Å². The molecule has 0 fully saturated rings. The minimum atomic E-state index is -1.23. The molecule has 0 amide bonds. The number of hydrogen-bond donors (Lipinski definition) is 2. The number of nitrogens with one attached hydrogen (secondary N) is 1. The normalized spacial score (nSPS) is 10.5. The van der Waals surface area contributed by atoms with Gasteiger partial charge in [-0.25, -0.2) is 4.79 Å². The Balaban J connectivity index is 2.75. The molecule has 1 heterocycles. The fourth-order valence-corrected chi connectivity index (χ4v) is 2.25. The highest BCUT2D eigenvalue weighted by Crippen LogP contribution is 2.36. The van der Waals surface area contributed by atoms with Gasteiger partial charge in [-0.1, -0.05) is 34.8 Å². The molecule has 0 bridgehead atoms. The molecule has 98 valence electrons. The molecule has 2 aromatic rings. The van der Waals surface area contributed by atoms with Crippen LogP contribution in [0.25, 0.3) is 11.1 Å². The summed E-state index contributed by atoms with van der Waals surface area (Å²) < 4.78 is 0. The van der Waals surface area contributed by atoms with E-state index >= 15 is 0 Å². The van der Waals surface area contributed by atoms with Gasteiger partial charge >= 0.3 is 5.97 Å². The fourth-order valence-electron chi connectivity index (χ4n) is 1.60. The predicted molar refractivity (Wildman–Crippen MR) is 74.5 cm³/mol. The quantitative estimate of drug-likeness (QED) is 0.829. The number of carbonyl (C=O) groups is 1. The number of pyridine rings is 1. The van der Waals surface area contributed by atoms with Gasteiger partial charge in [-0.15, -0.1) is 0 Å². The summed E-state index contributed by atoms with van der Waals surface area (Å²) in [5, 5.41) is 9.85. The van der Waals surface area contributed by atoms with Gasteiger partial charge in [0.25, 0.3) is 0 Å². The van der Waals surface area contributed by atoms with Crippen LogP contribution in [0.3, 0.4) is 0 Å². The fraction of sp³-hybridized carbons (Fsp3) is 0. The van der Waals surface area contributed by atoms with Crippen LogP contribution in [0, 0.1) is 0 Å². The molecule has 0 saturated carbocycles. The lowest BCUT2D eigenvalue weighted by molar-refractivity contribution is 0.0697. The molecule has 0 unspecified atom stereocenters. The van der Waals surface area contributed by atoms with Gasteiger partial charge in [0.15, 0.2) is 0 Å². The Morgan fingerprint density at radius 2 is 1.63 bits per heavy atom. The number of benzene rings is 1. The molecule has 7 heteroatoms. The monoisotopic (exact) mass is 317 g/mol. The molecule has 0 saturated heterocycles. The zero-order valence-corrected chi connectivity index (χ0v) is 11.5. The average Bonchev–Trinajstić information content (AvgIpc) is 2.34. The maximum atomic E-state index is 11.2. The molecule has 1 aromatic carbocycles. The van der Waals surface area contributed by atoms with Gasteiger partial charge in [-0.2, -0.15) is 0 Å². The van der Waals surface area contributed by atoms with Crippen LogP contribution >= 0.6 is 34.8 Å². The van der Waals surface area contributed by atoms with Crippen molar-refractivity contribution in [2.24, 2.45) is 0 Å². The van der Waals surface area contributed by atoms with Gasteiger partial charge in [-0.05, 0) is 12.1 Å². The minimum absolute atomic E-state index is 0.163. The Hall–Kier alpha value is -1.49. The Bertz CT molecular complexity index is 725. The first-order chi connectivity index (χ1) is 8.90. The lowest BCUT2D eigenvalue weighted by Gasteiger charge is -2.09. The molecule has 0 radical (unpaired) electrons. The van der Waals surface area contributed by atoms with E-state index in [9.17, 15) is 9.59 Å². The largest absolute Gasteiger partial charge is 0.478 e. The summed E-state index contributed by atoms with van der Waals surface area (Å²) >= 11 is 17.7. The van der Waals surface area contributed by atoms with Crippen molar-refractivity contribution in [3.8, 4) is 11.1 Å².